The lowest BCUT2D eigenvalue weighted by molar-refractivity contribution is -0.143. The first kappa shape index (κ1) is 15.3. The lowest BCUT2D eigenvalue weighted by Crippen LogP contribution is -2.35. The van der Waals surface area contributed by atoms with Crippen molar-refractivity contribution in [2.45, 2.75) is 25.4 Å². The van der Waals surface area contributed by atoms with Crippen molar-refractivity contribution in [3.8, 4) is 0 Å². The predicted molar refractivity (Wildman–Crippen MR) is 67.5 cm³/mol. The van der Waals surface area contributed by atoms with Gasteiger partial charge in [-0.25, -0.2) is 0 Å². The Balaban J connectivity index is 1.93. The number of amides is 1. The molecule has 0 atom stereocenters. The zero-order valence-corrected chi connectivity index (χ0v) is 11.0. The van der Waals surface area contributed by atoms with Gasteiger partial charge in [0.2, 0.25) is 5.91 Å². The standard InChI is InChI=1S/C14H14F3NO3/c15-14(16,17)10-3-1-2-9(6-10)7-11(19)18-8-13(4-5-13)12(20)21/h1-3,6H,4-5,7-8H2,(H,18,19)(H,20,21). The fraction of sp³-hybridized carbons (Fsp3) is 0.429. The molecule has 0 saturated heterocycles. The second-order valence-electron chi connectivity index (χ2n) is 5.24. The van der Waals surface area contributed by atoms with E-state index in [-0.39, 0.29) is 18.5 Å². The lowest BCUT2D eigenvalue weighted by Gasteiger charge is -2.12. The number of halogens is 3. The van der Waals surface area contributed by atoms with Crippen LogP contribution in [0.2, 0.25) is 0 Å². The molecule has 2 rings (SSSR count). The molecule has 0 radical (unpaired) electrons. The lowest BCUT2D eigenvalue weighted by atomic mass is 10.1. The summed E-state index contributed by atoms with van der Waals surface area (Å²) >= 11 is 0. The minimum absolute atomic E-state index is 0.0140. The average Bonchev–Trinajstić information content (AvgIpc) is 3.17. The fourth-order valence-corrected chi connectivity index (χ4v) is 1.99. The van der Waals surface area contributed by atoms with Crippen LogP contribution in [0.1, 0.15) is 24.0 Å². The maximum Gasteiger partial charge on any atom is 0.416 e. The predicted octanol–water partition coefficient (Wildman–Crippen LogP) is 2.23. The van der Waals surface area contributed by atoms with E-state index in [2.05, 4.69) is 5.32 Å². The zero-order chi connectivity index (χ0) is 15.7. The molecule has 1 aliphatic rings. The molecule has 1 amide bonds. The summed E-state index contributed by atoms with van der Waals surface area (Å²) in [5.74, 6) is -1.44. The first-order valence-electron chi connectivity index (χ1n) is 6.39. The van der Waals surface area contributed by atoms with Gasteiger partial charge in [0.15, 0.2) is 0 Å². The van der Waals surface area contributed by atoms with Gasteiger partial charge in [-0.2, -0.15) is 13.2 Å². The number of nitrogens with one attached hydrogen (secondary N) is 1. The summed E-state index contributed by atoms with van der Waals surface area (Å²) in [6.07, 6.45) is -3.65. The number of carbonyl (C=O) groups excluding carboxylic acids is 1. The third-order valence-corrected chi connectivity index (χ3v) is 3.55. The zero-order valence-electron chi connectivity index (χ0n) is 11.0. The van der Waals surface area contributed by atoms with E-state index < -0.39 is 29.0 Å². The molecule has 0 aromatic heterocycles. The molecule has 1 aromatic rings. The Hall–Kier alpha value is -2.05. The topological polar surface area (TPSA) is 66.4 Å². The minimum Gasteiger partial charge on any atom is -0.481 e. The van der Waals surface area contributed by atoms with Crippen molar-refractivity contribution >= 4 is 11.9 Å². The van der Waals surface area contributed by atoms with E-state index in [0.717, 1.165) is 12.1 Å². The van der Waals surface area contributed by atoms with E-state index in [1.807, 2.05) is 0 Å². The Labute approximate surface area is 119 Å². The van der Waals surface area contributed by atoms with E-state index in [4.69, 9.17) is 5.11 Å². The summed E-state index contributed by atoms with van der Waals surface area (Å²) in [7, 11) is 0. The van der Waals surface area contributed by atoms with Gasteiger partial charge in [-0.05, 0) is 24.5 Å². The molecule has 1 fully saturated rings. The van der Waals surface area contributed by atoms with Gasteiger partial charge in [-0.1, -0.05) is 18.2 Å². The van der Waals surface area contributed by atoms with Crippen LogP contribution in [0.15, 0.2) is 24.3 Å². The number of carboxylic acids is 1. The molecular weight excluding hydrogens is 287 g/mol. The highest BCUT2D eigenvalue weighted by molar-refractivity contribution is 5.82. The Kier molecular flexibility index (Phi) is 3.93. The summed E-state index contributed by atoms with van der Waals surface area (Å²) in [6.45, 7) is 0.0140. The molecule has 114 valence electrons. The molecule has 4 nitrogen and oxygen atoms in total. The number of carbonyl (C=O) groups is 2. The number of hydrogen-bond acceptors (Lipinski definition) is 2. The maximum atomic E-state index is 12.5. The van der Waals surface area contributed by atoms with Crippen LogP contribution in [-0.4, -0.2) is 23.5 Å². The van der Waals surface area contributed by atoms with Crippen molar-refractivity contribution in [1.29, 1.82) is 0 Å². The van der Waals surface area contributed by atoms with Gasteiger partial charge >= 0.3 is 12.1 Å². The summed E-state index contributed by atoms with van der Waals surface area (Å²) in [5.41, 5.74) is -1.46. The van der Waals surface area contributed by atoms with Crippen molar-refractivity contribution in [3.63, 3.8) is 0 Å². The number of alkyl halides is 3. The van der Waals surface area contributed by atoms with Crippen LogP contribution in [0, 0.1) is 5.41 Å². The molecule has 7 heteroatoms. The highest BCUT2D eigenvalue weighted by Gasteiger charge is 2.50. The molecule has 0 aliphatic heterocycles. The first-order valence-corrected chi connectivity index (χ1v) is 6.39. The summed E-state index contributed by atoms with van der Waals surface area (Å²) < 4.78 is 37.6. The molecular formula is C14H14F3NO3. The van der Waals surface area contributed by atoms with Crippen molar-refractivity contribution < 1.29 is 27.9 Å². The summed E-state index contributed by atoms with van der Waals surface area (Å²) in [5, 5.41) is 11.4. The SMILES string of the molecule is O=C(Cc1cccc(C(F)(F)F)c1)NCC1(C(=O)O)CC1. The Morgan fingerprint density at radius 1 is 1.29 bits per heavy atom. The van der Waals surface area contributed by atoms with Gasteiger partial charge in [0, 0.05) is 6.54 Å². The fourth-order valence-electron chi connectivity index (χ4n) is 1.99. The second-order valence-corrected chi connectivity index (χ2v) is 5.24. The van der Waals surface area contributed by atoms with E-state index in [9.17, 15) is 22.8 Å². The van der Waals surface area contributed by atoms with E-state index in [1.54, 1.807) is 0 Å². The highest BCUT2D eigenvalue weighted by atomic mass is 19.4. The van der Waals surface area contributed by atoms with Crippen molar-refractivity contribution in [3.05, 3.63) is 35.4 Å². The van der Waals surface area contributed by atoms with Gasteiger partial charge in [0.1, 0.15) is 0 Å². The third-order valence-electron chi connectivity index (χ3n) is 3.55. The number of rotatable bonds is 5. The molecule has 0 unspecified atom stereocenters. The molecule has 0 spiro atoms. The molecule has 1 aromatic carbocycles. The molecule has 0 heterocycles. The minimum atomic E-state index is -4.45. The largest absolute Gasteiger partial charge is 0.481 e. The summed E-state index contributed by atoms with van der Waals surface area (Å²) in [6, 6.07) is 4.53. The number of carboxylic acid groups (broad SMARTS) is 1. The third kappa shape index (κ3) is 3.74. The molecule has 1 saturated carbocycles. The van der Waals surface area contributed by atoms with E-state index in [0.29, 0.717) is 12.8 Å². The van der Waals surface area contributed by atoms with Gasteiger partial charge in [-0.3, -0.25) is 9.59 Å². The van der Waals surface area contributed by atoms with E-state index in [1.165, 1.54) is 12.1 Å². The van der Waals surface area contributed by atoms with Crippen molar-refractivity contribution in [1.82, 2.24) is 5.32 Å². The quantitative estimate of drug-likeness (QED) is 0.876. The smallest absolute Gasteiger partial charge is 0.416 e. The number of aliphatic carboxylic acids is 1. The summed E-state index contributed by atoms with van der Waals surface area (Å²) in [4.78, 5) is 22.6. The van der Waals surface area contributed by atoms with E-state index >= 15 is 0 Å². The Morgan fingerprint density at radius 2 is 1.95 bits per heavy atom. The molecule has 2 N–H and O–H groups in total. The van der Waals surface area contributed by atoms with Crippen LogP contribution < -0.4 is 5.32 Å². The van der Waals surface area contributed by atoms with Crippen molar-refractivity contribution in [2.24, 2.45) is 5.41 Å². The first-order chi connectivity index (χ1) is 9.73. The average molecular weight is 301 g/mol. The van der Waals surface area contributed by atoms with Crippen LogP contribution >= 0.6 is 0 Å². The maximum absolute atomic E-state index is 12.5. The molecule has 21 heavy (non-hydrogen) atoms. The van der Waals surface area contributed by atoms with Gasteiger partial charge in [0.05, 0.1) is 17.4 Å². The van der Waals surface area contributed by atoms with Crippen LogP contribution in [-0.2, 0) is 22.2 Å². The van der Waals surface area contributed by atoms with Gasteiger partial charge in [0.25, 0.3) is 0 Å². The Morgan fingerprint density at radius 3 is 2.48 bits per heavy atom. The van der Waals surface area contributed by atoms with Crippen LogP contribution in [0.5, 0.6) is 0 Å². The molecule has 0 bridgehead atoms. The van der Waals surface area contributed by atoms with Gasteiger partial charge < -0.3 is 10.4 Å². The monoisotopic (exact) mass is 301 g/mol. The van der Waals surface area contributed by atoms with Gasteiger partial charge in [-0.15, -0.1) is 0 Å². The number of benzene rings is 1. The highest BCUT2D eigenvalue weighted by Crippen LogP contribution is 2.45. The Bertz CT molecular complexity index is 565. The van der Waals surface area contributed by atoms with Crippen LogP contribution in [0.4, 0.5) is 13.2 Å². The molecule has 1 aliphatic carbocycles. The van der Waals surface area contributed by atoms with Crippen molar-refractivity contribution in [2.75, 3.05) is 6.54 Å². The normalized spacial score (nSPS) is 16.3. The second kappa shape index (κ2) is 5.38. The number of hydrogen-bond donors (Lipinski definition) is 2. The van der Waals surface area contributed by atoms with Crippen LogP contribution in [0.25, 0.3) is 0 Å². The van der Waals surface area contributed by atoms with Crippen LogP contribution in [0.3, 0.4) is 0 Å².